The summed E-state index contributed by atoms with van der Waals surface area (Å²) < 4.78 is 8.70. The second kappa shape index (κ2) is 9.86. The molecule has 0 saturated heterocycles. The summed E-state index contributed by atoms with van der Waals surface area (Å²) in [5.41, 5.74) is 1.37. The Labute approximate surface area is 198 Å². The molecule has 2 aromatic carbocycles. The van der Waals surface area contributed by atoms with E-state index in [9.17, 15) is 14.7 Å². The number of aryl methyl sites for hydroxylation is 2. The number of nitrogens with one attached hydrogen (secondary N) is 1. The molecule has 10 heteroatoms. The third kappa shape index (κ3) is 5.16. The van der Waals surface area contributed by atoms with Gasteiger partial charge in [0, 0.05) is 17.8 Å². The van der Waals surface area contributed by atoms with Crippen LogP contribution >= 0.6 is 23.4 Å². The number of aliphatic hydroxyl groups excluding tert-OH is 1. The minimum atomic E-state index is -0.909. The molecule has 0 aliphatic rings. The SMILES string of the molecule is Cc1ccccc1OC[C@H](O)Cn1c(SCc2ccc(Cl)cc2)nc2c1c(=O)[nH]c(=O)n2C. The topological polar surface area (TPSA) is 102 Å². The summed E-state index contributed by atoms with van der Waals surface area (Å²) in [5.74, 6) is 1.26. The Bertz CT molecular complexity index is 1390. The van der Waals surface area contributed by atoms with Crippen LogP contribution in [0.25, 0.3) is 11.2 Å². The smallest absolute Gasteiger partial charge is 0.329 e. The van der Waals surface area contributed by atoms with E-state index >= 15 is 0 Å². The van der Waals surface area contributed by atoms with Crippen molar-refractivity contribution < 1.29 is 9.84 Å². The Morgan fingerprint density at radius 2 is 1.91 bits per heavy atom. The molecule has 0 radical (unpaired) electrons. The highest BCUT2D eigenvalue weighted by atomic mass is 35.5. The van der Waals surface area contributed by atoms with Crippen molar-refractivity contribution in [3.8, 4) is 5.75 Å². The normalized spacial score (nSPS) is 12.2. The number of hydrogen-bond donors (Lipinski definition) is 2. The fourth-order valence-electron chi connectivity index (χ4n) is 3.39. The highest BCUT2D eigenvalue weighted by Crippen LogP contribution is 2.26. The molecule has 172 valence electrons. The van der Waals surface area contributed by atoms with Gasteiger partial charge < -0.3 is 14.4 Å². The van der Waals surface area contributed by atoms with E-state index in [1.807, 2.05) is 55.5 Å². The molecule has 2 N–H and O–H groups in total. The average molecular weight is 487 g/mol. The lowest BCUT2D eigenvalue weighted by atomic mass is 10.2. The van der Waals surface area contributed by atoms with Crippen molar-refractivity contribution >= 4 is 34.5 Å². The molecule has 33 heavy (non-hydrogen) atoms. The number of imidazole rings is 1. The first-order valence-electron chi connectivity index (χ1n) is 10.3. The molecule has 0 aliphatic carbocycles. The lowest BCUT2D eigenvalue weighted by Crippen LogP contribution is -2.30. The van der Waals surface area contributed by atoms with Gasteiger partial charge in [0.2, 0.25) is 0 Å². The third-order valence-electron chi connectivity index (χ3n) is 5.17. The molecule has 0 unspecified atom stereocenters. The third-order valence-corrected chi connectivity index (χ3v) is 6.47. The molecule has 0 spiro atoms. The van der Waals surface area contributed by atoms with Gasteiger partial charge >= 0.3 is 5.69 Å². The number of H-pyrrole nitrogens is 1. The summed E-state index contributed by atoms with van der Waals surface area (Å²) in [6, 6.07) is 15.0. The van der Waals surface area contributed by atoms with Crippen molar-refractivity contribution in [1.82, 2.24) is 19.1 Å². The van der Waals surface area contributed by atoms with Crippen LogP contribution in [0.4, 0.5) is 0 Å². The summed E-state index contributed by atoms with van der Waals surface area (Å²) in [6.45, 7) is 2.04. The maximum Gasteiger partial charge on any atom is 0.329 e. The van der Waals surface area contributed by atoms with Crippen molar-refractivity contribution in [1.29, 1.82) is 0 Å². The predicted octanol–water partition coefficient (Wildman–Crippen LogP) is 3.12. The fourth-order valence-corrected chi connectivity index (χ4v) is 4.48. The van der Waals surface area contributed by atoms with E-state index in [2.05, 4.69) is 9.97 Å². The van der Waals surface area contributed by atoms with Gasteiger partial charge in [-0.3, -0.25) is 14.3 Å². The minimum absolute atomic E-state index is 0.0372. The summed E-state index contributed by atoms with van der Waals surface area (Å²) in [4.78, 5) is 31.6. The maximum atomic E-state index is 12.6. The van der Waals surface area contributed by atoms with Gasteiger partial charge in [-0.2, -0.15) is 0 Å². The zero-order chi connectivity index (χ0) is 23.5. The number of aliphatic hydroxyl groups is 1. The van der Waals surface area contributed by atoms with Gasteiger partial charge in [0.15, 0.2) is 16.3 Å². The van der Waals surface area contributed by atoms with Gasteiger partial charge in [-0.05, 0) is 36.2 Å². The number of nitrogens with zero attached hydrogens (tertiary/aromatic N) is 3. The fraction of sp³-hybridized carbons (Fsp3) is 0.261. The minimum Gasteiger partial charge on any atom is -0.491 e. The quantitative estimate of drug-likeness (QED) is 0.371. The summed E-state index contributed by atoms with van der Waals surface area (Å²) in [7, 11) is 1.54. The predicted molar refractivity (Wildman–Crippen MR) is 129 cm³/mol. The zero-order valence-corrected chi connectivity index (χ0v) is 19.7. The molecule has 4 rings (SSSR count). The van der Waals surface area contributed by atoms with E-state index in [4.69, 9.17) is 16.3 Å². The number of halogens is 1. The van der Waals surface area contributed by atoms with E-state index in [0.29, 0.717) is 21.7 Å². The Morgan fingerprint density at radius 3 is 2.64 bits per heavy atom. The number of benzene rings is 2. The molecular formula is C23H23ClN4O4S. The first kappa shape index (κ1) is 23.2. The number of aromatic amines is 1. The van der Waals surface area contributed by atoms with E-state index in [1.165, 1.54) is 16.3 Å². The van der Waals surface area contributed by atoms with Crippen molar-refractivity contribution in [2.45, 2.75) is 30.5 Å². The van der Waals surface area contributed by atoms with Crippen LogP contribution in [0.2, 0.25) is 5.02 Å². The van der Waals surface area contributed by atoms with Gasteiger partial charge in [-0.15, -0.1) is 0 Å². The van der Waals surface area contributed by atoms with E-state index in [-0.39, 0.29) is 24.3 Å². The highest BCUT2D eigenvalue weighted by molar-refractivity contribution is 7.98. The van der Waals surface area contributed by atoms with Crippen LogP contribution in [-0.4, -0.2) is 36.9 Å². The van der Waals surface area contributed by atoms with Gasteiger partial charge in [0.1, 0.15) is 18.5 Å². The molecule has 8 nitrogen and oxygen atoms in total. The van der Waals surface area contributed by atoms with Crippen LogP contribution in [-0.2, 0) is 19.3 Å². The van der Waals surface area contributed by atoms with Gasteiger partial charge in [0.25, 0.3) is 5.56 Å². The zero-order valence-electron chi connectivity index (χ0n) is 18.1. The number of ether oxygens (including phenoxy) is 1. The lowest BCUT2D eigenvalue weighted by molar-refractivity contribution is 0.0910. The molecular weight excluding hydrogens is 464 g/mol. The second-order valence-corrected chi connectivity index (χ2v) is 9.02. The van der Waals surface area contributed by atoms with Crippen LogP contribution in [0.1, 0.15) is 11.1 Å². The van der Waals surface area contributed by atoms with E-state index in [1.54, 1.807) is 11.6 Å². The molecule has 1 atom stereocenters. The first-order chi connectivity index (χ1) is 15.8. The Kier molecular flexibility index (Phi) is 6.92. The number of aromatic nitrogens is 4. The number of rotatable bonds is 8. The Morgan fingerprint density at radius 1 is 1.18 bits per heavy atom. The van der Waals surface area contributed by atoms with Crippen LogP contribution in [0.15, 0.2) is 63.3 Å². The average Bonchev–Trinajstić information content (AvgIpc) is 3.15. The molecule has 0 saturated carbocycles. The number of para-hydroxylation sites is 1. The molecule has 0 aliphatic heterocycles. The molecule has 2 heterocycles. The largest absolute Gasteiger partial charge is 0.491 e. The summed E-state index contributed by atoms with van der Waals surface area (Å²) in [5, 5.41) is 11.9. The lowest BCUT2D eigenvalue weighted by Gasteiger charge is -2.16. The number of thioether (sulfide) groups is 1. The standard InChI is InChI=1S/C23H23ClN4O4S/c1-14-5-3-4-6-18(14)32-12-17(29)11-28-19-20(27(2)22(31)26-21(19)30)25-23(28)33-13-15-7-9-16(24)10-8-15/h3-10,17,29H,11-13H2,1-2H3,(H,26,30,31)/t17-/m1/s1. The summed E-state index contributed by atoms with van der Waals surface area (Å²) in [6.07, 6.45) is -0.909. The monoisotopic (exact) mass is 486 g/mol. The molecule has 2 aromatic heterocycles. The number of hydrogen-bond acceptors (Lipinski definition) is 6. The number of fused-ring (bicyclic) bond motifs is 1. The highest BCUT2D eigenvalue weighted by Gasteiger charge is 2.20. The molecule has 0 bridgehead atoms. The molecule has 0 fully saturated rings. The van der Waals surface area contributed by atoms with E-state index < -0.39 is 17.4 Å². The van der Waals surface area contributed by atoms with Crippen molar-refractivity contribution in [3.63, 3.8) is 0 Å². The summed E-state index contributed by atoms with van der Waals surface area (Å²) >= 11 is 7.37. The maximum absolute atomic E-state index is 12.6. The van der Waals surface area contributed by atoms with Gasteiger partial charge in [0.05, 0.1) is 6.54 Å². The Balaban J connectivity index is 1.62. The van der Waals surface area contributed by atoms with E-state index in [0.717, 1.165) is 11.1 Å². The van der Waals surface area contributed by atoms with Crippen LogP contribution in [0, 0.1) is 6.92 Å². The van der Waals surface area contributed by atoms with Gasteiger partial charge in [-0.25, -0.2) is 9.78 Å². The van der Waals surface area contributed by atoms with Crippen LogP contribution < -0.4 is 16.0 Å². The van der Waals surface area contributed by atoms with Crippen molar-refractivity contribution in [3.05, 3.63) is 85.5 Å². The molecule has 0 amide bonds. The van der Waals surface area contributed by atoms with Crippen LogP contribution in [0.3, 0.4) is 0 Å². The first-order valence-corrected chi connectivity index (χ1v) is 11.6. The van der Waals surface area contributed by atoms with Crippen molar-refractivity contribution in [2.75, 3.05) is 6.61 Å². The van der Waals surface area contributed by atoms with Crippen LogP contribution in [0.5, 0.6) is 5.75 Å². The second-order valence-electron chi connectivity index (χ2n) is 7.64. The van der Waals surface area contributed by atoms with Gasteiger partial charge in [-0.1, -0.05) is 53.7 Å². The Hall–Kier alpha value is -3.01. The molecule has 4 aromatic rings. The van der Waals surface area contributed by atoms with Crippen molar-refractivity contribution in [2.24, 2.45) is 7.05 Å².